The second-order valence-electron chi connectivity index (χ2n) is 5.48. The molecule has 3 heterocycles. The molecule has 0 aliphatic carbocycles. The fourth-order valence-electron chi connectivity index (χ4n) is 2.82. The monoisotopic (exact) mass is 453 g/mol. The summed E-state index contributed by atoms with van der Waals surface area (Å²) in [4.78, 5) is 14.2. The van der Waals surface area contributed by atoms with Crippen LogP contribution < -0.4 is 16.8 Å². The summed E-state index contributed by atoms with van der Waals surface area (Å²) in [6, 6.07) is 4.43. The average molecular weight is 453 g/mol. The number of benzene rings is 1. The van der Waals surface area contributed by atoms with Gasteiger partial charge in [0.15, 0.2) is 22.1 Å². The molecule has 124 valence electrons. The van der Waals surface area contributed by atoms with Crippen molar-refractivity contribution in [2.75, 3.05) is 24.1 Å². The number of nitrogens with two attached hydrogens (primary N) is 2. The summed E-state index contributed by atoms with van der Waals surface area (Å²) in [5.41, 5.74) is 15.7. The third-order valence-corrected chi connectivity index (χ3v) is 6.26. The van der Waals surface area contributed by atoms with Crippen LogP contribution in [0.25, 0.3) is 11.2 Å². The van der Waals surface area contributed by atoms with Gasteiger partial charge in [0.1, 0.15) is 6.33 Å². The third-order valence-electron chi connectivity index (χ3n) is 3.95. The van der Waals surface area contributed by atoms with Crippen LogP contribution in [0.2, 0.25) is 0 Å². The van der Waals surface area contributed by atoms with Gasteiger partial charge in [0, 0.05) is 33.8 Å². The Morgan fingerprint density at radius 2 is 2.21 bits per heavy atom. The summed E-state index contributed by atoms with van der Waals surface area (Å²) in [6.45, 7) is 2.14. The minimum absolute atomic E-state index is 0.392. The number of anilines is 2. The Morgan fingerprint density at radius 3 is 3.04 bits per heavy atom. The zero-order valence-corrected chi connectivity index (χ0v) is 15.8. The van der Waals surface area contributed by atoms with Gasteiger partial charge in [-0.05, 0) is 46.7 Å². The highest BCUT2D eigenvalue weighted by Gasteiger charge is 2.18. The molecule has 4 rings (SSSR count). The molecule has 24 heavy (non-hydrogen) atoms. The number of halogens is 1. The molecule has 7 nitrogen and oxygen atoms in total. The molecule has 0 spiro atoms. The van der Waals surface area contributed by atoms with E-state index in [9.17, 15) is 0 Å². The second-order valence-corrected chi connectivity index (χ2v) is 7.66. The summed E-state index contributed by atoms with van der Waals surface area (Å²) in [5.74, 6) is 0.392. The van der Waals surface area contributed by atoms with Crippen molar-refractivity contribution in [1.82, 2.24) is 19.5 Å². The van der Waals surface area contributed by atoms with Gasteiger partial charge in [-0.1, -0.05) is 11.8 Å². The summed E-state index contributed by atoms with van der Waals surface area (Å²) in [6.07, 6.45) is 2.54. The van der Waals surface area contributed by atoms with E-state index < -0.39 is 0 Å². The molecule has 2 aromatic heterocycles. The van der Waals surface area contributed by atoms with Crippen LogP contribution in [0.4, 0.5) is 11.5 Å². The summed E-state index contributed by atoms with van der Waals surface area (Å²) in [5, 5.41) is 4.25. The Balaban J connectivity index is 1.80. The predicted octanol–water partition coefficient (Wildman–Crippen LogP) is 2.09. The van der Waals surface area contributed by atoms with E-state index in [4.69, 9.17) is 11.5 Å². The van der Waals surface area contributed by atoms with Gasteiger partial charge in [-0.3, -0.25) is 0 Å². The van der Waals surface area contributed by atoms with E-state index in [1.165, 1.54) is 21.1 Å². The molecule has 0 saturated heterocycles. The number of hydrogen-bond acceptors (Lipinski definition) is 7. The molecular formula is C15H16IN7S. The van der Waals surface area contributed by atoms with Gasteiger partial charge in [0.05, 0.1) is 0 Å². The van der Waals surface area contributed by atoms with Crippen LogP contribution in [0, 0.1) is 3.57 Å². The molecule has 0 radical (unpaired) electrons. The maximum absolute atomic E-state index is 5.95. The van der Waals surface area contributed by atoms with Crippen molar-refractivity contribution in [2.45, 2.75) is 23.0 Å². The lowest BCUT2D eigenvalue weighted by Crippen LogP contribution is -2.11. The summed E-state index contributed by atoms with van der Waals surface area (Å²) < 4.78 is 3.22. The van der Waals surface area contributed by atoms with Gasteiger partial charge in [-0.2, -0.15) is 0 Å². The van der Waals surface area contributed by atoms with Crippen molar-refractivity contribution in [1.29, 1.82) is 0 Å². The Morgan fingerprint density at radius 1 is 1.33 bits per heavy atom. The van der Waals surface area contributed by atoms with E-state index in [2.05, 4.69) is 55.0 Å². The highest BCUT2D eigenvalue weighted by molar-refractivity contribution is 14.1. The number of nitrogen functional groups attached to an aromatic ring is 1. The molecular weight excluding hydrogens is 437 g/mol. The zero-order valence-electron chi connectivity index (χ0n) is 12.8. The van der Waals surface area contributed by atoms with Crippen LogP contribution in [-0.2, 0) is 13.0 Å². The minimum Gasteiger partial charge on any atom is -0.384 e. The molecule has 0 atom stereocenters. The van der Waals surface area contributed by atoms with Crippen LogP contribution in [0.5, 0.6) is 0 Å². The van der Waals surface area contributed by atoms with E-state index in [1.807, 2.05) is 4.57 Å². The van der Waals surface area contributed by atoms with Gasteiger partial charge in [-0.15, -0.1) is 0 Å². The van der Waals surface area contributed by atoms with Crippen molar-refractivity contribution < 1.29 is 0 Å². The fourth-order valence-corrected chi connectivity index (χ4v) is 4.63. The first-order valence-electron chi connectivity index (χ1n) is 7.58. The largest absolute Gasteiger partial charge is 0.384 e. The predicted molar refractivity (Wildman–Crippen MR) is 104 cm³/mol. The number of nitrogens with one attached hydrogen (secondary N) is 1. The lowest BCUT2D eigenvalue weighted by molar-refractivity contribution is 0.657. The normalized spacial score (nSPS) is 13.2. The van der Waals surface area contributed by atoms with Gasteiger partial charge < -0.3 is 21.4 Å². The van der Waals surface area contributed by atoms with Crippen molar-refractivity contribution in [3.63, 3.8) is 0 Å². The quantitative estimate of drug-likeness (QED) is 0.520. The molecule has 3 aromatic rings. The van der Waals surface area contributed by atoms with Crippen LogP contribution in [0.1, 0.15) is 5.56 Å². The van der Waals surface area contributed by atoms with E-state index in [0.717, 1.165) is 28.7 Å². The van der Waals surface area contributed by atoms with E-state index in [1.54, 1.807) is 11.8 Å². The molecule has 1 aliphatic heterocycles. The maximum Gasteiger partial charge on any atom is 0.175 e. The van der Waals surface area contributed by atoms with Gasteiger partial charge in [0.25, 0.3) is 0 Å². The smallest absolute Gasteiger partial charge is 0.175 e. The fraction of sp³-hybridized carbons (Fsp3) is 0.267. The van der Waals surface area contributed by atoms with E-state index in [0.29, 0.717) is 24.4 Å². The van der Waals surface area contributed by atoms with Crippen LogP contribution in [-0.4, -0.2) is 32.6 Å². The molecule has 0 bridgehead atoms. The Kier molecular flexibility index (Phi) is 4.22. The summed E-state index contributed by atoms with van der Waals surface area (Å²) in [7, 11) is 0. The molecule has 0 saturated carbocycles. The highest BCUT2D eigenvalue weighted by atomic mass is 127. The zero-order chi connectivity index (χ0) is 16.7. The third kappa shape index (κ3) is 2.70. The molecule has 1 aromatic carbocycles. The highest BCUT2D eigenvalue weighted by Crippen LogP contribution is 2.37. The van der Waals surface area contributed by atoms with Crippen LogP contribution in [0.15, 0.2) is 28.5 Å². The lowest BCUT2D eigenvalue weighted by atomic mass is 10.2. The average Bonchev–Trinajstić information content (AvgIpc) is 3.14. The standard InChI is InChI=1S/C15H16IN7S/c16-9-5-8-1-3-19-10(8)6-11(9)24-15-22-12-13(18)20-7-21-14(12)23(15)4-2-17/h5-7,19H,1-4,17H2,(H2,18,20,21). The first-order valence-corrected chi connectivity index (χ1v) is 9.48. The van der Waals surface area contributed by atoms with E-state index in [-0.39, 0.29) is 0 Å². The Bertz CT molecular complexity index is 924. The van der Waals surface area contributed by atoms with Gasteiger partial charge >= 0.3 is 0 Å². The van der Waals surface area contributed by atoms with Crippen molar-refractivity contribution >= 4 is 57.0 Å². The number of nitrogens with zero attached hydrogens (tertiary/aromatic N) is 4. The van der Waals surface area contributed by atoms with Gasteiger partial charge in [0.2, 0.25) is 0 Å². The van der Waals surface area contributed by atoms with Crippen molar-refractivity contribution in [2.24, 2.45) is 5.73 Å². The number of imidazole rings is 1. The molecule has 5 N–H and O–H groups in total. The SMILES string of the molecule is NCCn1c(Sc2cc3c(cc2I)CCN3)nc2c(N)ncnc21. The Labute approximate surface area is 156 Å². The van der Waals surface area contributed by atoms with Crippen molar-refractivity contribution in [3.8, 4) is 0 Å². The number of aromatic nitrogens is 4. The van der Waals surface area contributed by atoms with Crippen LogP contribution in [0.3, 0.4) is 0 Å². The van der Waals surface area contributed by atoms with E-state index >= 15 is 0 Å². The minimum atomic E-state index is 0.392. The molecule has 9 heteroatoms. The molecule has 0 amide bonds. The molecule has 1 aliphatic rings. The second kappa shape index (κ2) is 6.37. The number of rotatable bonds is 4. The number of fused-ring (bicyclic) bond motifs is 2. The number of hydrogen-bond donors (Lipinski definition) is 3. The first-order chi connectivity index (χ1) is 11.7. The van der Waals surface area contributed by atoms with Crippen molar-refractivity contribution in [3.05, 3.63) is 27.6 Å². The molecule has 0 unspecified atom stereocenters. The summed E-state index contributed by atoms with van der Waals surface area (Å²) >= 11 is 3.98. The topological polar surface area (TPSA) is 108 Å². The molecule has 0 fully saturated rings. The lowest BCUT2D eigenvalue weighted by Gasteiger charge is -2.09. The Hall–Kier alpha value is -1.59. The van der Waals surface area contributed by atoms with Gasteiger partial charge in [-0.25, -0.2) is 15.0 Å². The maximum atomic E-state index is 5.95. The van der Waals surface area contributed by atoms with Crippen LogP contribution >= 0.6 is 34.4 Å². The first kappa shape index (κ1) is 15.9.